The Balaban J connectivity index is 2.55. The van der Waals surface area contributed by atoms with Crippen LogP contribution in [0, 0.1) is 0 Å². The fraction of sp³-hybridized carbons (Fsp3) is 1.00. The molecular weight excluding hydrogens is 214 g/mol. The van der Waals surface area contributed by atoms with Crippen LogP contribution in [0.2, 0.25) is 5.31 Å². The SMILES string of the molecule is CC(C)(O)C(C)(C)OBB1OC(C)(C)C1(C)C. The Bertz CT molecular complexity index is 293. The van der Waals surface area contributed by atoms with Crippen molar-refractivity contribution < 1.29 is 14.4 Å². The topological polar surface area (TPSA) is 38.7 Å². The van der Waals surface area contributed by atoms with Crippen LogP contribution < -0.4 is 0 Å². The second-order valence-electron chi connectivity index (χ2n) is 7.22. The van der Waals surface area contributed by atoms with Crippen molar-refractivity contribution in [2.45, 2.75) is 77.5 Å². The molecule has 0 bridgehead atoms. The van der Waals surface area contributed by atoms with Gasteiger partial charge in [0.05, 0.1) is 11.2 Å². The molecule has 0 spiro atoms. The Kier molecular flexibility index (Phi) is 3.55. The van der Waals surface area contributed by atoms with Crippen LogP contribution in [0.1, 0.15) is 55.4 Å². The summed E-state index contributed by atoms with van der Waals surface area (Å²) in [5.74, 6) is 0. The molecule has 17 heavy (non-hydrogen) atoms. The van der Waals surface area contributed by atoms with E-state index in [1.165, 1.54) is 0 Å². The highest BCUT2D eigenvalue weighted by Gasteiger charge is 2.59. The van der Waals surface area contributed by atoms with E-state index in [0.29, 0.717) is 7.37 Å². The molecule has 0 aromatic rings. The van der Waals surface area contributed by atoms with Crippen molar-refractivity contribution in [3.8, 4) is 0 Å². The molecule has 1 aliphatic heterocycles. The molecule has 0 unspecified atom stereocenters. The van der Waals surface area contributed by atoms with Crippen LogP contribution in [-0.2, 0) is 9.31 Å². The molecular formula is C12H26B2O3. The molecule has 1 saturated heterocycles. The fourth-order valence-electron chi connectivity index (χ4n) is 1.69. The monoisotopic (exact) mass is 240 g/mol. The molecule has 0 atom stereocenters. The average Bonchev–Trinajstić information content (AvgIpc) is 2.10. The maximum atomic E-state index is 10.0. The van der Waals surface area contributed by atoms with Crippen molar-refractivity contribution in [3.05, 3.63) is 0 Å². The van der Waals surface area contributed by atoms with Gasteiger partial charge in [0.2, 0.25) is 0 Å². The van der Waals surface area contributed by atoms with Gasteiger partial charge >= 0.3 is 0 Å². The molecule has 5 heteroatoms. The van der Waals surface area contributed by atoms with E-state index in [4.69, 9.17) is 9.31 Å². The van der Waals surface area contributed by atoms with E-state index in [2.05, 4.69) is 27.7 Å². The lowest BCUT2D eigenvalue weighted by atomic mass is 9.22. The van der Waals surface area contributed by atoms with Crippen LogP contribution >= 0.6 is 0 Å². The Hall–Kier alpha value is 0.00987. The van der Waals surface area contributed by atoms with Crippen molar-refractivity contribution in [2.24, 2.45) is 0 Å². The van der Waals surface area contributed by atoms with Gasteiger partial charge in [-0.15, -0.1) is 0 Å². The van der Waals surface area contributed by atoms with Gasteiger partial charge in [0.25, 0.3) is 14.2 Å². The smallest absolute Gasteiger partial charge is 0.296 e. The minimum Gasteiger partial charge on any atom is -0.438 e. The second kappa shape index (κ2) is 4.01. The number of rotatable bonds is 4. The first kappa shape index (κ1) is 15.1. The third-order valence-corrected chi connectivity index (χ3v) is 4.86. The largest absolute Gasteiger partial charge is 0.438 e. The van der Waals surface area contributed by atoms with Gasteiger partial charge in [0.1, 0.15) is 0 Å². The van der Waals surface area contributed by atoms with E-state index in [9.17, 15) is 5.11 Å². The lowest BCUT2D eigenvalue weighted by molar-refractivity contribution is -0.0909. The summed E-state index contributed by atoms with van der Waals surface area (Å²) in [6, 6.07) is 0. The van der Waals surface area contributed by atoms with E-state index in [-0.39, 0.29) is 17.7 Å². The van der Waals surface area contributed by atoms with E-state index in [1.54, 1.807) is 13.8 Å². The summed E-state index contributed by atoms with van der Waals surface area (Å²) < 4.78 is 11.7. The summed E-state index contributed by atoms with van der Waals surface area (Å²) in [6.45, 7) is 16.0. The van der Waals surface area contributed by atoms with Crippen LogP contribution in [0.4, 0.5) is 0 Å². The highest BCUT2D eigenvalue weighted by atomic mass is 16.5. The molecule has 1 fully saturated rings. The third kappa shape index (κ3) is 2.56. The van der Waals surface area contributed by atoms with Crippen molar-refractivity contribution in [2.75, 3.05) is 0 Å². The van der Waals surface area contributed by atoms with E-state index in [1.807, 2.05) is 13.8 Å². The maximum absolute atomic E-state index is 10.0. The van der Waals surface area contributed by atoms with E-state index < -0.39 is 11.2 Å². The number of hydrogen-bond acceptors (Lipinski definition) is 3. The molecule has 1 heterocycles. The zero-order valence-electron chi connectivity index (χ0n) is 12.5. The van der Waals surface area contributed by atoms with Gasteiger partial charge in [-0.05, 0) is 46.9 Å². The summed E-state index contributed by atoms with van der Waals surface area (Å²) in [6.07, 6.45) is 0. The first-order valence-electron chi connectivity index (χ1n) is 6.35. The highest BCUT2D eigenvalue weighted by molar-refractivity contribution is 7.09. The number of aliphatic hydroxyl groups is 1. The molecule has 0 amide bonds. The number of hydrogen-bond donors (Lipinski definition) is 1. The Morgan fingerprint density at radius 2 is 1.59 bits per heavy atom. The van der Waals surface area contributed by atoms with Crippen molar-refractivity contribution >= 4 is 14.2 Å². The van der Waals surface area contributed by atoms with Crippen LogP contribution in [0.3, 0.4) is 0 Å². The normalized spacial score (nSPS) is 23.2. The summed E-state index contributed by atoms with van der Waals surface area (Å²) in [5, 5.41) is 10.1. The molecule has 1 N–H and O–H groups in total. The van der Waals surface area contributed by atoms with Crippen molar-refractivity contribution in [1.29, 1.82) is 0 Å². The third-order valence-electron chi connectivity index (χ3n) is 4.86. The lowest BCUT2D eigenvalue weighted by Crippen LogP contribution is -2.65. The van der Waals surface area contributed by atoms with E-state index in [0.717, 1.165) is 0 Å². The van der Waals surface area contributed by atoms with Gasteiger partial charge < -0.3 is 14.4 Å². The summed E-state index contributed by atoms with van der Waals surface area (Å²) >= 11 is 0. The summed E-state index contributed by atoms with van der Waals surface area (Å²) in [4.78, 5) is 0. The lowest BCUT2D eigenvalue weighted by Gasteiger charge is -2.57. The van der Waals surface area contributed by atoms with Gasteiger partial charge in [-0.1, -0.05) is 13.8 Å². The maximum Gasteiger partial charge on any atom is 0.296 e. The summed E-state index contributed by atoms with van der Waals surface area (Å²) in [7, 11) is 0.521. The molecule has 0 aliphatic carbocycles. The zero-order valence-corrected chi connectivity index (χ0v) is 12.5. The molecule has 0 saturated carbocycles. The van der Waals surface area contributed by atoms with Crippen molar-refractivity contribution in [1.82, 2.24) is 0 Å². The van der Waals surface area contributed by atoms with Gasteiger partial charge in [0, 0.05) is 5.60 Å². The van der Waals surface area contributed by atoms with Crippen LogP contribution in [0.15, 0.2) is 0 Å². The first-order chi connectivity index (χ1) is 7.31. The van der Waals surface area contributed by atoms with Gasteiger partial charge in [-0.25, -0.2) is 0 Å². The standard InChI is InChI=1S/C12H26B2O3/c1-9(2)11(5,6)17-14(9)13-16-12(7,8)10(3,4)15/h13,15H,1-8H3. The fourth-order valence-corrected chi connectivity index (χ4v) is 1.69. The summed E-state index contributed by atoms with van der Waals surface area (Å²) in [5.41, 5.74) is -1.54. The van der Waals surface area contributed by atoms with Gasteiger partial charge in [-0.2, -0.15) is 0 Å². The van der Waals surface area contributed by atoms with Gasteiger partial charge in [-0.3, -0.25) is 0 Å². The predicted octanol–water partition coefficient (Wildman–Crippen LogP) is 1.98. The predicted molar refractivity (Wildman–Crippen MR) is 73.6 cm³/mol. The van der Waals surface area contributed by atoms with E-state index >= 15 is 0 Å². The minimum atomic E-state index is -0.865. The Morgan fingerprint density at radius 3 is 1.88 bits per heavy atom. The van der Waals surface area contributed by atoms with Gasteiger partial charge in [0.15, 0.2) is 0 Å². The zero-order chi connectivity index (χ0) is 13.7. The van der Waals surface area contributed by atoms with Crippen LogP contribution in [0.25, 0.3) is 0 Å². The van der Waals surface area contributed by atoms with Crippen LogP contribution in [0.5, 0.6) is 0 Å². The molecule has 98 valence electrons. The molecule has 3 nitrogen and oxygen atoms in total. The molecule has 0 aromatic carbocycles. The average molecular weight is 240 g/mol. The molecule has 1 aliphatic rings. The quantitative estimate of drug-likeness (QED) is 0.763. The Labute approximate surface area is 107 Å². The first-order valence-corrected chi connectivity index (χ1v) is 6.35. The highest BCUT2D eigenvalue weighted by Crippen LogP contribution is 2.53. The molecule has 0 aromatic heterocycles. The molecule has 1 rings (SSSR count). The second-order valence-corrected chi connectivity index (χ2v) is 7.22. The Morgan fingerprint density at radius 1 is 1.12 bits per heavy atom. The molecule has 0 radical (unpaired) electrons. The van der Waals surface area contributed by atoms with Crippen molar-refractivity contribution in [3.63, 3.8) is 0 Å². The minimum absolute atomic E-state index is 0.0964. The van der Waals surface area contributed by atoms with Crippen LogP contribution in [-0.4, -0.2) is 36.1 Å².